The number of rotatable bonds is 4. The lowest BCUT2D eigenvalue weighted by Crippen LogP contribution is -2.48. The summed E-state index contributed by atoms with van der Waals surface area (Å²) in [4.78, 5) is 20.5. The molecule has 6 nitrogen and oxygen atoms in total. The third-order valence-corrected chi connectivity index (χ3v) is 4.67. The van der Waals surface area contributed by atoms with Crippen LogP contribution >= 0.6 is 0 Å². The van der Waals surface area contributed by atoms with Crippen LogP contribution in [0.3, 0.4) is 0 Å². The third kappa shape index (κ3) is 4.16. The molecule has 1 saturated heterocycles. The quantitative estimate of drug-likeness (QED) is 0.821. The van der Waals surface area contributed by atoms with E-state index < -0.39 is 6.29 Å². The minimum Gasteiger partial charge on any atom is -0.395 e. The first kappa shape index (κ1) is 17.7. The summed E-state index contributed by atoms with van der Waals surface area (Å²) in [7, 11) is 0. The molecule has 0 bridgehead atoms. The molecule has 3 heterocycles. The van der Waals surface area contributed by atoms with Crippen molar-refractivity contribution in [2.75, 3.05) is 26.2 Å². The van der Waals surface area contributed by atoms with Crippen molar-refractivity contribution in [1.29, 1.82) is 0 Å². The fourth-order valence-corrected chi connectivity index (χ4v) is 3.29. The number of amides is 1. The third-order valence-electron chi connectivity index (χ3n) is 4.67. The maximum absolute atomic E-state index is 13.1. The number of halogens is 2. The Labute approximate surface area is 155 Å². The Morgan fingerprint density at radius 2 is 1.85 bits per heavy atom. The molecule has 2 aromatic rings. The van der Waals surface area contributed by atoms with Gasteiger partial charge in [0.05, 0.1) is 6.42 Å². The number of piperazine rings is 1. The minimum atomic E-state index is -3.60. The summed E-state index contributed by atoms with van der Waals surface area (Å²) in [6, 6.07) is 8.55. The van der Waals surface area contributed by atoms with Crippen molar-refractivity contribution in [2.24, 2.45) is 0 Å². The highest BCUT2D eigenvalue weighted by Gasteiger charge is 2.43. The van der Waals surface area contributed by atoms with E-state index in [1.165, 1.54) is 6.07 Å². The van der Waals surface area contributed by atoms with Gasteiger partial charge in [-0.05, 0) is 29.3 Å². The van der Waals surface area contributed by atoms with Gasteiger partial charge in [0.2, 0.25) is 5.91 Å². The predicted octanol–water partition coefficient (Wildman–Crippen LogP) is 2.29. The van der Waals surface area contributed by atoms with E-state index >= 15 is 0 Å². The molecule has 1 aromatic heterocycles. The number of nitrogens with zero attached hydrogens (tertiary/aromatic N) is 3. The summed E-state index contributed by atoms with van der Waals surface area (Å²) in [6.07, 6.45) is 0.146. The van der Waals surface area contributed by atoms with Crippen LogP contribution in [0.25, 0.3) is 0 Å². The van der Waals surface area contributed by atoms with Crippen molar-refractivity contribution in [3.8, 4) is 11.5 Å². The van der Waals surface area contributed by atoms with E-state index in [2.05, 4.69) is 19.4 Å². The number of hydrogen-bond acceptors (Lipinski definition) is 5. The van der Waals surface area contributed by atoms with Crippen LogP contribution < -0.4 is 9.47 Å². The maximum Gasteiger partial charge on any atom is 0.586 e. The van der Waals surface area contributed by atoms with E-state index in [1.54, 1.807) is 24.5 Å². The molecule has 4 rings (SSSR count). The normalized spacial score (nSPS) is 18.5. The first-order chi connectivity index (χ1) is 13.0. The summed E-state index contributed by atoms with van der Waals surface area (Å²) in [5, 5.41) is 0. The van der Waals surface area contributed by atoms with Gasteiger partial charge in [0.25, 0.3) is 0 Å². The molecule has 1 amide bonds. The molecule has 0 radical (unpaired) electrons. The monoisotopic (exact) mass is 375 g/mol. The number of fused-ring (bicyclic) bond motifs is 1. The standard InChI is InChI=1S/C19H19F2N3O3/c20-19(21)26-16-4-3-15(10-17(16)27-19)13-23-6-8-24(9-7-23)18(25)11-14-2-1-5-22-12-14/h1-5,10,12H,6-9,11,13H2. The lowest BCUT2D eigenvalue weighted by atomic mass is 10.1. The van der Waals surface area contributed by atoms with E-state index in [0.717, 1.165) is 24.2 Å². The van der Waals surface area contributed by atoms with Gasteiger partial charge in [-0.15, -0.1) is 8.78 Å². The average Bonchev–Trinajstić information content (AvgIpc) is 2.96. The van der Waals surface area contributed by atoms with E-state index in [4.69, 9.17) is 0 Å². The summed E-state index contributed by atoms with van der Waals surface area (Å²) < 4.78 is 35.1. The fourth-order valence-electron chi connectivity index (χ4n) is 3.29. The van der Waals surface area contributed by atoms with Gasteiger partial charge in [-0.3, -0.25) is 14.7 Å². The van der Waals surface area contributed by atoms with Gasteiger partial charge < -0.3 is 14.4 Å². The zero-order chi connectivity index (χ0) is 18.9. The number of benzene rings is 1. The summed E-state index contributed by atoms with van der Waals surface area (Å²) in [6.45, 7) is 3.34. The molecule has 0 unspecified atom stereocenters. The summed E-state index contributed by atoms with van der Waals surface area (Å²) in [5.74, 6) is 0.199. The maximum atomic E-state index is 13.1. The molecule has 8 heteroatoms. The van der Waals surface area contributed by atoms with Crippen LogP contribution in [0.15, 0.2) is 42.7 Å². The van der Waals surface area contributed by atoms with Crippen LogP contribution in [0.5, 0.6) is 11.5 Å². The predicted molar refractivity (Wildman–Crippen MR) is 92.4 cm³/mol. The molecule has 1 aromatic carbocycles. The Morgan fingerprint density at radius 3 is 2.59 bits per heavy atom. The molecule has 27 heavy (non-hydrogen) atoms. The first-order valence-electron chi connectivity index (χ1n) is 8.76. The lowest BCUT2D eigenvalue weighted by molar-refractivity contribution is -0.286. The van der Waals surface area contributed by atoms with Gasteiger partial charge in [0.15, 0.2) is 11.5 Å². The Kier molecular flexibility index (Phi) is 4.65. The number of aromatic nitrogens is 1. The number of pyridine rings is 1. The van der Waals surface area contributed by atoms with Gasteiger partial charge in [-0.25, -0.2) is 0 Å². The second kappa shape index (κ2) is 7.11. The molecular weight excluding hydrogens is 356 g/mol. The number of ether oxygens (including phenoxy) is 2. The Bertz CT molecular complexity index is 824. The summed E-state index contributed by atoms with van der Waals surface area (Å²) >= 11 is 0. The zero-order valence-electron chi connectivity index (χ0n) is 14.6. The van der Waals surface area contributed by atoms with Gasteiger partial charge in [-0.1, -0.05) is 12.1 Å². The van der Waals surface area contributed by atoms with Gasteiger partial charge >= 0.3 is 6.29 Å². The molecule has 0 saturated carbocycles. The van der Waals surface area contributed by atoms with Crippen molar-refractivity contribution in [2.45, 2.75) is 19.3 Å². The summed E-state index contributed by atoms with van der Waals surface area (Å²) in [5.41, 5.74) is 1.77. The number of carbonyl (C=O) groups excluding carboxylic acids is 1. The second-order valence-corrected chi connectivity index (χ2v) is 6.64. The highest BCUT2D eigenvalue weighted by atomic mass is 19.3. The number of carbonyl (C=O) groups is 1. The topological polar surface area (TPSA) is 54.9 Å². The van der Waals surface area contributed by atoms with E-state index in [-0.39, 0.29) is 17.4 Å². The van der Waals surface area contributed by atoms with Crippen molar-refractivity contribution in [3.63, 3.8) is 0 Å². The first-order valence-corrected chi connectivity index (χ1v) is 8.76. The molecule has 0 spiro atoms. The largest absolute Gasteiger partial charge is 0.586 e. The van der Waals surface area contributed by atoms with Crippen LogP contribution in [0.1, 0.15) is 11.1 Å². The van der Waals surface area contributed by atoms with Gasteiger partial charge in [0.1, 0.15) is 0 Å². The SMILES string of the molecule is O=C(Cc1cccnc1)N1CCN(Cc2ccc3c(c2)OC(F)(F)O3)CC1. The molecule has 142 valence electrons. The molecule has 1 fully saturated rings. The van der Waals surface area contributed by atoms with Gasteiger partial charge in [0, 0.05) is 45.1 Å². The highest BCUT2D eigenvalue weighted by Crippen LogP contribution is 2.41. The molecule has 0 atom stereocenters. The average molecular weight is 375 g/mol. The fraction of sp³-hybridized carbons (Fsp3) is 0.368. The number of alkyl halides is 2. The van der Waals surface area contributed by atoms with Crippen molar-refractivity contribution in [1.82, 2.24) is 14.8 Å². The zero-order valence-corrected chi connectivity index (χ0v) is 14.6. The second-order valence-electron chi connectivity index (χ2n) is 6.64. The van der Waals surface area contributed by atoms with Crippen molar-refractivity contribution >= 4 is 5.91 Å². The van der Waals surface area contributed by atoms with Crippen LogP contribution in [0, 0.1) is 0 Å². The van der Waals surface area contributed by atoms with E-state index in [9.17, 15) is 13.6 Å². The lowest BCUT2D eigenvalue weighted by Gasteiger charge is -2.34. The highest BCUT2D eigenvalue weighted by molar-refractivity contribution is 5.78. The Hall–Kier alpha value is -2.74. The van der Waals surface area contributed by atoms with E-state index in [1.807, 2.05) is 17.0 Å². The molecule has 2 aliphatic rings. The molecule has 2 aliphatic heterocycles. The minimum absolute atomic E-state index is 0.0505. The molecule has 0 aliphatic carbocycles. The smallest absolute Gasteiger partial charge is 0.395 e. The van der Waals surface area contributed by atoms with Crippen LogP contribution in [-0.4, -0.2) is 53.2 Å². The Balaban J connectivity index is 1.29. The van der Waals surface area contributed by atoms with Crippen molar-refractivity contribution < 1.29 is 23.0 Å². The van der Waals surface area contributed by atoms with Crippen molar-refractivity contribution in [3.05, 3.63) is 53.9 Å². The van der Waals surface area contributed by atoms with Crippen LogP contribution in [0.4, 0.5) is 8.78 Å². The molecular formula is C19H19F2N3O3. The van der Waals surface area contributed by atoms with Crippen LogP contribution in [0.2, 0.25) is 0 Å². The molecule has 0 N–H and O–H groups in total. The Morgan fingerprint density at radius 1 is 1.07 bits per heavy atom. The number of hydrogen-bond donors (Lipinski definition) is 0. The van der Waals surface area contributed by atoms with E-state index in [0.29, 0.717) is 26.1 Å². The van der Waals surface area contributed by atoms with Gasteiger partial charge in [-0.2, -0.15) is 0 Å². The van der Waals surface area contributed by atoms with Crippen LogP contribution in [-0.2, 0) is 17.8 Å².